The Morgan fingerprint density at radius 2 is 1.08 bits per heavy atom. The predicted octanol–water partition coefficient (Wildman–Crippen LogP) is 9.34. The zero-order valence-corrected chi connectivity index (χ0v) is 37.4. The van der Waals surface area contributed by atoms with Crippen molar-refractivity contribution < 1.29 is 56.8 Å². The molecule has 0 amide bonds. The van der Waals surface area contributed by atoms with Crippen LogP contribution in [0.4, 0.5) is 0 Å². The highest BCUT2D eigenvalue weighted by Crippen LogP contribution is 2.24. The van der Waals surface area contributed by atoms with Crippen LogP contribution in [0.15, 0.2) is 61.3 Å². The van der Waals surface area contributed by atoms with Crippen molar-refractivity contribution in [2.45, 2.75) is 204 Å². The molecule has 0 aliphatic carbocycles. The second-order valence-corrected chi connectivity index (χ2v) is 17.3. The van der Waals surface area contributed by atoms with Crippen LogP contribution in [-0.4, -0.2) is 96.0 Å². The number of carbonyl (C=O) groups excluding carboxylic acids is 2. The molecule has 0 radical (unpaired) electrons. The SMILES string of the molecule is C=CCCCCCCCCCCCCCCCC(=O)OC[C@H](CO[C@H]1O[C@H](CS(=O)(=O)O)[C@@H](O)C(O)C1O)OC(=O)CCCCC/C=C/C/C=C/C/C=C/C/C=C/CCC. The number of rotatable bonds is 38. The lowest BCUT2D eigenvalue weighted by Gasteiger charge is -2.40. The number of aliphatic hydroxyl groups excluding tert-OH is 3. The minimum Gasteiger partial charge on any atom is -0.462 e. The molecule has 1 saturated heterocycles. The van der Waals surface area contributed by atoms with E-state index in [9.17, 15) is 37.9 Å². The summed E-state index contributed by atoms with van der Waals surface area (Å²) < 4.78 is 54.0. The van der Waals surface area contributed by atoms with Gasteiger partial charge < -0.3 is 34.3 Å². The van der Waals surface area contributed by atoms with Gasteiger partial charge >= 0.3 is 11.9 Å². The number of hydrogen-bond acceptors (Lipinski definition) is 11. The summed E-state index contributed by atoms with van der Waals surface area (Å²) in [7, 11) is -4.61. The molecule has 0 aromatic heterocycles. The van der Waals surface area contributed by atoms with Crippen molar-refractivity contribution >= 4 is 22.1 Å². The first kappa shape index (κ1) is 55.4. The molecule has 0 aromatic rings. The fourth-order valence-electron chi connectivity index (χ4n) is 6.65. The normalized spacial score (nSPS) is 20.4. The van der Waals surface area contributed by atoms with Crippen molar-refractivity contribution in [1.82, 2.24) is 0 Å². The highest BCUT2D eigenvalue weighted by molar-refractivity contribution is 7.85. The first-order valence-corrected chi connectivity index (χ1v) is 24.4. The Balaban J connectivity index is 2.47. The Labute approximate surface area is 362 Å². The Morgan fingerprint density at radius 1 is 0.617 bits per heavy atom. The van der Waals surface area contributed by atoms with Gasteiger partial charge in [0.05, 0.1) is 6.61 Å². The first-order chi connectivity index (χ1) is 29.0. The van der Waals surface area contributed by atoms with Crippen LogP contribution in [0.1, 0.15) is 167 Å². The summed E-state index contributed by atoms with van der Waals surface area (Å²) in [6.45, 7) is 5.19. The number of aliphatic hydroxyl groups is 3. The van der Waals surface area contributed by atoms with E-state index in [1.807, 2.05) is 6.08 Å². The van der Waals surface area contributed by atoms with Gasteiger partial charge in [-0.3, -0.25) is 14.1 Å². The van der Waals surface area contributed by atoms with Crippen LogP contribution in [0.5, 0.6) is 0 Å². The van der Waals surface area contributed by atoms with Gasteiger partial charge in [-0.1, -0.05) is 145 Å². The van der Waals surface area contributed by atoms with Crippen molar-refractivity contribution in [3.05, 3.63) is 61.3 Å². The van der Waals surface area contributed by atoms with Gasteiger partial charge in [0.15, 0.2) is 12.4 Å². The topological polar surface area (TPSA) is 186 Å². The second-order valence-electron chi connectivity index (χ2n) is 15.8. The Kier molecular flexibility index (Phi) is 34.1. The summed E-state index contributed by atoms with van der Waals surface area (Å²) in [6.07, 6.45) is 34.4. The lowest BCUT2D eigenvalue weighted by atomic mass is 10.00. The summed E-state index contributed by atoms with van der Waals surface area (Å²) in [5.41, 5.74) is 0. The van der Waals surface area contributed by atoms with Crippen LogP contribution in [0, 0.1) is 0 Å². The second kappa shape index (κ2) is 37.0. The number of carbonyl (C=O) groups is 2. The maximum Gasteiger partial charge on any atom is 0.306 e. The molecular weight excluding hydrogens is 789 g/mol. The number of esters is 2. The van der Waals surface area contributed by atoms with Crippen LogP contribution in [-0.2, 0) is 38.7 Å². The van der Waals surface area contributed by atoms with Crippen molar-refractivity contribution in [2.75, 3.05) is 19.0 Å². The molecule has 0 saturated carbocycles. The van der Waals surface area contributed by atoms with E-state index in [-0.39, 0.29) is 19.4 Å². The molecule has 0 spiro atoms. The summed E-state index contributed by atoms with van der Waals surface area (Å²) >= 11 is 0. The summed E-state index contributed by atoms with van der Waals surface area (Å²) in [5, 5.41) is 30.9. The van der Waals surface area contributed by atoms with Crippen LogP contribution >= 0.6 is 0 Å². The molecule has 13 heteroatoms. The van der Waals surface area contributed by atoms with E-state index in [4.69, 9.17) is 18.9 Å². The molecule has 1 fully saturated rings. The van der Waals surface area contributed by atoms with Crippen LogP contribution in [0.2, 0.25) is 0 Å². The molecule has 1 aliphatic heterocycles. The van der Waals surface area contributed by atoms with Crippen LogP contribution in [0.25, 0.3) is 0 Å². The van der Waals surface area contributed by atoms with Crippen molar-refractivity contribution in [3.8, 4) is 0 Å². The Bertz CT molecular complexity index is 1330. The molecule has 12 nitrogen and oxygen atoms in total. The summed E-state index contributed by atoms with van der Waals surface area (Å²) in [5.74, 6) is -2.03. The minimum absolute atomic E-state index is 0.124. The smallest absolute Gasteiger partial charge is 0.306 e. The standard InChI is InChI=1S/C47H80O12S/c1-3-5-7-9-11-13-15-17-19-20-22-24-26-28-30-32-34-36-43(49)58-40(38-57-47-46(52)45(51)44(50)41(59-47)39-60(53,54)55)37-56-42(48)35-33-31-29-27-25-23-21-18-16-14-12-10-8-6-4-2/h4,7,9,13,15,19-20,24,26,40-41,44-47,50-52H,2-3,5-6,8,10-12,14,16-18,21-23,25,27-39H2,1H3,(H,53,54,55)/b9-7+,15-13+,20-19+,26-24+/t40-,41-,44-,45?,46?,47+/m1/s1. The van der Waals surface area contributed by atoms with E-state index in [0.717, 1.165) is 70.6 Å². The molecule has 0 aromatic carbocycles. The van der Waals surface area contributed by atoms with Gasteiger partial charge in [-0.05, 0) is 64.2 Å². The third kappa shape index (κ3) is 31.2. The first-order valence-electron chi connectivity index (χ1n) is 22.8. The quantitative estimate of drug-likeness (QED) is 0.0200. The molecule has 0 bridgehead atoms. The van der Waals surface area contributed by atoms with Gasteiger partial charge in [-0.15, -0.1) is 6.58 Å². The average molecular weight is 869 g/mol. The van der Waals surface area contributed by atoms with Gasteiger partial charge in [0.25, 0.3) is 10.1 Å². The molecule has 60 heavy (non-hydrogen) atoms. The van der Waals surface area contributed by atoms with Gasteiger partial charge in [-0.2, -0.15) is 8.42 Å². The zero-order chi connectivity index (χ0) is 44.1. The lowest BCUT2D eigenvalue weighted by Crippen LogP contribution is -2.60. The van der Waals surface area contributed by atoms with E-state index in [0.29, 0.717) is 12.8 Å². The van der Waals surface area contributed by atoms with Gasteiger partial charge in [-0.25, -0.2) is 0 Å². The van der Waals surface area contributed by atoms with E-state index in [2.05, 4.69) is 62.1 Å². The van der Waals surface area contributed by atoms with Crippen LogP contribution < -0.4 is 0 Å². The molecule has 2 unspecified atom stereocenters. The fraction of sp³-hybridized carbons (Fsp3) is 0.745. The number of ether oxygens (including phenoxy) is 4. The van der Waals surface area contributed by atoms with E-state index < -0.39 is 71.2 Å². The molecule has 346 valence electrons. The highest BCUT2D eigenvalue weighted by atomic mass is 32.2. The number of hydrogen-bond donors (Lipinski definition) is 4. The van der Waals surface area contributed by atoms with Gasteiger partial charge in [0, 0.05) is 12.8 Å². The number of unbranched alkanes of at least 4 members (excludes halogenated alkanes) is 17. The van der Waals surface area contributed by atoms with Crippen molar-refractivity contribution in [3.63, 3.8) is 0 Å². The van der Waals surface area contributed by atoms with Crippen molar-refractivity contribution in [2.24, 2.45) is 0 Å². The monoisotopic (exact) mass is 869 g/mol. The maximum atomic E-state index is 12.8. The highest BCUT2D eigenvalue weighted by Gasteiger charge is 2.46. The van der Waals surface area contributed by atoms with Gasteiger partial charge in [0.2, 0.25) is 0 Å². The van der Waals surface area contributed by atoms with Crippen LogP contribution in [0.3, 0.4) is 0 Å². The maximum absolute atomic E-state index is 12.8. The predicted molar refractivity (Wildman–Crippen MR) is 238 cm³/mol. The Morgan fingerprint density at radius 3 is 1.62 bits per heavy atom. The molecule has 6 atom stereocenters. The van der Waals surface area contributed by atoms with Gasteiger partial charge in [0.1, 0.15) is 36.8 Å². The minimum atomic E-state index is -4.61. The lowest BCUT2D eigenvalue weighted by molar-refractivity contribution is -0.297. The average Bonchev–Trinajstić information content (AvgIpc) is 3.21. The third-order valence-corrected chi connectivity index (χ3v) is 10.9. The molecule has 1 heterocycles. The van der Waals surface area contributed by atoms with E-state index in [1.54, 1.807) is 0 Å². The molecule has 1 aliphatic rings. The van der Waals surface area contributed by atoms with Crippen molar-refractivity contribution in [1.29, 1.82) is 0 Å². The summed E-state index contributed by atoms with van der Waals surface area (Å²) in [6, 6.07) is 0. The molecular formula is C47H80O12S. The zero-order valence-electron chi connectivity index (χ0n) is 36.6. The third-order valence-electron chi connectivity index (χ3n) is 10.2. The largest absolute Gasteiger partial charge is 0.462 e. The molecule has 1 rings (SSSR count). The summed E-state index contributed by atoms with van der Waals surface area (Å²) in [4.78, 5) is 25.4. The fourth-order valence-corrected chi connectivity index (χ4v) is 7.34. The van der Waals surface area contributed by atoms with E-state index in [1.165, 1.54) is 64.2 Å². The van der Waals surface area contributed by atoms with E-state index >= 15 is 0 Å². The number of allylic oxidation sites excluding steroid dienone is 9. The molecule has 4 N–H and O–H groups in total. The Hall–Kier alpha value is -2.65.